The van der Waals surface area contributed by atoms with E-state index in [-0.39, 0.29) is 10.8 Å². The first-order valence-corrected chi connectivity index (χ1v) is 34.4. The largest absolute Gasteiger partial charge is 0.308 e. The summed E-state index contributed by atoms with van der Waals surface area (Å²) < 4.78 is 5.20. The lowest BCUT2D eigenvalue weighted by Gasteiger charge is -2.65. The van der Waals surface area contributed by atoms with Crippen LogP contribution in [-0.4, -0.2) is 41.1 Å². The van der Waals surface area contributed by atoms with Gasteiger partial charge in [0, 0.05) is 43.4 Å². The minimum atomic E-state index is -1.79. The maximum atomic E-state index is 11.0. The molecular weight excluding hydrogens is 793 g/mol. The van der Waals surface area contributed by atoms with Gasteiger partial charge in [0.15, 0.2) is 0 Å². The van der Waals surface area contributed by atoms with E-state index in [0.717, 1.165) is 11.1 Å². The smallest absolute Gasteiger partial charge is 0.0961 e. The van der Waals surface area contributed by atoms with Crippen LogP contribution in [0.25, 0.3) is 76.2 Å². The average Bonchev–Trinajstić information content (AvgIpc) is 3.92. The third-order valence-corrected chi connectivity index (χ3v) is 38.0. The molecule has 9 aromatic rings. The molecule has 8 heteroatoms. The number of hydrogen-bond donors (Lipinski definition) is 0. The van der Waals surface area contributed by atoms with E-state index in [1.807, 2.05) is 0 Å². The molecule has 15 rings (SSSR count). The Bertz CT molecular complexity index is 3360. The minimum Gasteiger partial charge on any atom is -0.308 e. The zero-order chi connectivity index (χ0) is 41.6. The number of nitrogens with zero attached hydrogens (tertiary/aromatic N) is 4. The van der Waals surface area contributed by atoms with Crippen molar-refractivity contribution in [2.24, 2.45) is 0 Å². The fourth-order valence-electron chi connectivity index (χ4n) is 14.1. The molecule has 5 aromatic carbocycles. The molecular formula is C52H54N4Si4-4. The molecule has 60 heavy (non-hydrogen) atoms. The minimum absolute atomic E-state index is 0.0270. The Kier molecular flexibility index (Phi) is 6.39. The molecule has 302 valence electrons. The molecule has 0 amide bonds. The van der Waals surface area contributed by atoms with Gasteiger partial charge in [-0.05, 0) is 81.3 Å². The van der Waals surface area contributed by atoms with Crippen LogP contribution in [0, 0.1) is 22.7 Å². The molecule has 0 aliphatic carbocycles. The van der Waals surface area contributed by atoms with Crippen LogP contribution in [0.1, 0.15) is 63.8 Å². The topological polar surface area (TPSA) is 56.4 Å². The van der Waals surface area contributed by atoms with Crippen molar-refractivity contribution in [3.05, 3.63) is 70.8 Å². The zero-order valence-electron chi connectivity index (χ0n) is 37.1. The Hall–Kier alpha value is -4.45. The molecule has 2 fully saturated rings. The summed E-state index contributed by atoms with van der Waals surface area (Å²) in [5.41, 5.74) is 12.3. The average molecular weight is 847 g/mol. The maximum Gasteiger partial charge on any atom is 0.0961 e. The van der Waals surface area contributed by atoms with E-state index in [1.165, 1.54) is 146 Å². The summed E-state index contributed by atoms with van der Waals surface area (Å²) in [4.78, 5) is 0. The highest BCUT2D eigenvalue weighted by Crippen LogP contribution is 2.50. The van der Waals surface area contributed by atoms with Crippen molar-refractivity contribution >= 4 is 129 Å². The Labute approximate surface area is 356 Å². The fourth-order valence-corrected chi connectivity index (χ4v) is 44.6. The Morgan fingerprint density at radius 2 is 0.733 bits per heavy atom. The third-order valence-electron chi connectivity index (χ3n) is 17.8. The van der Waals surface area contributed by atoms with Crippen molar-refractivity contribution in [3.63, 3.8) is 0 Å². The second-order valence-corrected chi connectivity index (χ2v) is 42.0. The molecule has 0 unspecified atom stereocenters. The summed E-state index contributed by atoms with van der Waals surface area (Å²) in [6.07, 6.45) is 0. The van der Waals surface area contributed by atoms with Gasteiger partial charge in [0.05, 0.1) is 45.2 Å². The summed E-state index contributed by atoms with van der Waals surface area (Å²) in [5, 5.41) is 39.4. The van der Waals surface area contributed by atoms with E-state index < -0.39 is 32.3 Å². The molecule has 4 bridgehead atoms. The van der Waals surface area contributed by atoms with Crippen molar-refractivity contribution in [1.29, 1.82) is 10.5 Å². The number of rotatable bonds is 0. The second-order valence-electron chi connectivity index (χ2n) is 23.5. The lowest BCUT2D eigenvalue weighted by atomic mass is 9.85. The number of benzene rings is 5. The van der Waals surface area contributed by atoms with Crippen molar-refractivity contribution in [2.45, 2.75) is 127 Å². The summed E-state index contributed by atoms with van der Waals surface area (Å²) in [7, 11) is -7.09. The van der Waals surface area contributed by atoms with E-state index in [4.69, 9.17) is 0 Å². The Morgan fingerprint density at radius 1 is 0.417 bits per heavy atom. The van der Waals surface area contributed by atoms with Crippen LogP contribution in [0.15, 0.2) is 48.5 Å². The molecule has 6 aliphatic rings. The van der Waals surface area contributed by atoms with Gasteiger partial charge in [0.25, 0.3) is 0 Å². The van der Waals surface area contributed by atoms with Gasteiger partial charge in [0.2, 0.25) is 0 Å². The maximum absolute atomic E-state index is 11.0. The van der Waals surface area contributed by atoms with E-state index in [9.17, 15) is 10.5 Å². The van der Waals surface area contributed by atoms with Crippen LogP contribution in [-0.2, 0) is 10.8 Å². The van der Waals surface area contributed by atoms with Crippen LogP contribution in [0.2, 0.25) is 74.5 Å². The highest BCUT2D eigenvalue weighted by molar-refractivity contribution is 7.10. The summed E-state index contributed by atoms with van der Waals surface area (Å²) in [5.74, 6) is 0. The van der Waals surface area contributed by atoms with Gasteiger partial charge in [-0.1, -0.05) is 41.5 Å². The summed E-state index contributed by atoms with van der Waals surface area (Å²) in [6.45, 7) is 24.7. The zero-order valence-corrected chi connectivity index (χ0v) is 41.1. The molecule has 6 aliphatic heterocycles. The van der Waals surface area contributed by atoms with Gasteiger partial charge in [0.1, 0.15) is 0 Å². The first kappa shape index (κ1) is 36.2. The molecule has 0 atom stereocenters. The van der Waals surface area contributed by atoms with Crippen LogP contribution >= 0.6 is 0 Å². The molecule has 0 spiro atoms. The normalized spacial score (nSPS) is 26.5. The molecule has 0 N–H and O–H groups in total. The summed E-state index contributed by atoms with van der Waals surface area (Å²) in [6, 6.07) is 36.4. The van der Waals surface area contributed by atoms with Crippen molar-refractivity contribution in [1.82, 2.24) is 8.80 Å². The number of nitriles is 2. The van der Waals surface area contributed by atoms with Crippen LogP contribution < -0.4 is 20.7 Å². The Morgan fingerprint density at radius 3 is 1.05 bits per heavy atom. The van der Waals surface area contributed by atoms with Gasteiger partial charge < -0.3 is 8.80 Å². The van der Waals surface area contributed by atoms with Gasteiger partial charge in [-0.3, -0.25) is 0 Å². The number of fused-ring (bicyclic) bond motifs is 16. The quantitative estimate of drug-likeness (QED) is 0.143. The van der Waals surface area contributed by atoms with Gasteiger partial charge in [-0.25, -0.2) is 10.4 Å². The molecule has 4 aromatic heterocycles. The highest BCUT2D eigenvalue weighted by Gasteiger charge is 2.41. The number of aromatic nitrogens is 2. The Balaban J connectivity index is 1.26. The van der Waals surface area contributed by atoms with Crippen LogP contribution in [0.5, 0.6) is 0 Å². The van der Waals surface area contributed by atoms with Gasteiger partial charge in [-0.2, -0.15) is 95.4 Å². The molecule has 4 nitrogen and oxygen atoms in total. The van der Waals surface area contributed by atoms with E-state index in [1.54, 1.807) is 10.4 Å². The van der Waals surface area contributed by atoms with Crippen molar-refractivity contribution in [2.75, 3.05) is 0 Å². The van der Waals surface area contributed by atoms with E-state index >= 15 is 0 Å². The second kappa shape index (κ2) is 10.6. The molecule has 0 saturated carbocycles. The lowest BCUT2D eigenvalue weighted by Crippen LogP contribution is -2.71. The van der Waals surface area contributed by atoms with Crippen molar-refractivity contribution < 1.29 is 0 Å². The fraction of sp³-hybridized carbons (Fsp3) is 0.385. The molecule has 10 heterocycles. The molecule has 2 saturated heterocycles. The standard InChI is InChI=1S/C52H54N4Si4/c1-51(2,3)31-21-35-33-25-40-34(26-39(33)55-41-19-29(27-53)47-49(43(41)37(23-31)45(35)55)59(9)15-11-57(47,7)12-16-59)36-22-32(52(4,5)6)24-38-44-42(56(40)46(36)38)20-30(28-54)48-50(44)60(10)17-13-58(48,8)14-18-60/h19-26H,11-18H2,1-10H3/q-4. The van der Waals surface area contributed by atoms with Crippen LogP contribution in [0.4, 0.5) is 0 Å². The SMILES string of the molecule is CC(C)(C)c1cc2c3cc4c(cc3n3c5cc(C#N)c6c(c5c(c1)c23)[Si-]1(C)CC[Si-]6(C)CC1)c1cc(C(C)(C)C)cc2c3c5c(c(C#N)cc3n4c12)[Si-]1(C)CC[Si-]5(C)CC1. The first-order valence-electron chi connectivity index (χ1n) is 22.7. The summed E-state index contributed by atoms with van der Waals surface area (Å²) >= 11 is 0. The number of hydrogen-bond acceptors (Lipinski definition) is 2. The lowest BCUT2D eigenvalue weighted by molar-refractivity contribution is 0.591. The van der Waals surface area contributed by atoms with E-state index in [2.05, 4.69) is 137 Å². The van der Waals surface area contributed by atoms with Gasteiger partial charge >= 0.3 is 0 Å². The van der Waals surface area contributed by atoms with Crippen LogP contribution in [0.3, 0.4) is 0 Å². The first-order chi connectivity index (χ1) is 28.3. The van der Waals surface area contributed by atoms with E-state index in [0.29, 0.717) is 0 Å². The molecule has 0 radical (unpaired) electrons. The van der Waals surface area contributed by atoms with Gasteiger partial charge in [-0.15, -0.1) is 32.3 Å². The highest BCUT2D eigenvalue weighted by atomic mass is 28.3. The predicted molar refractivity (Wildman–Crippen MR) is 266 cm³/mol. The van der Waals surface area contributed by atoms with Crippen molar-refractivity contribution in [3.8, 4) is 12.1 Å². The third kappa shape index (κ3) is 4.03. The predicted octanol–water partition coefficient (Wildman–Crippen LogP) is 11.5. The monoisotopic (exact) mass is 846 g/mol.